The molecule has 1 aliphatic heterocycles. The van der Waals surface area contributed by atoms with E-state index in [-0.39, 0.29) is 52.4 Å². The summed E-state index contributed by atoms with van der Waals surface area (Å²) in [5.41, 5.74) is -1.81. The van der Waals surface area contributed by atoms with Gasteiger partial charge >= 0.3 is 0 Å². The molecule has 3 fully saturated rings. The lowest BCUT2D eigenvalue weighted by Crippen LogP contribution is -2.54. The summed E-state index contributed by atoms with van der Waals surface area (Å²) >= 11 is 6.24. The van der Waals surface area contributed by atoms with Crippen LogP contribution in [-0.2, 0) is 19.4 Å². The lowest BCUT2D eigenvalue weighted by molar-refractivity contribution is -0.136. The molecule has 8 nitrogen and oxygen atoms in total. The molecule has 210 valence electrons. The predicted molar refractivity (Wildman–Crippen MR) is 134 cm³/mol. The Morgan fingerprint density at radius 3 is 2.23 bits per heavy atom. The molecular formula is C26H26ClF3N2O6S. The highest BCUT2D eigenvalue weighted by atomic mass is 35.5. The minimum atomic E-state index is -4.07. The molecule has 3 N–H and O–H groups in total. The van der Waals surface area contributed by atoms with E-state index in [1.165, 1.54) is 12.1 Å². The van der Waals surface area contributed by atoms with Crippen LogP contribution in [0.2, 0.25) is 5.02 Å². The molecule has 2 atom stereocenters. The fourth-order valence-electron chi connectivity index (χ4n) is 5.88. The SMILES string of the molecule is O=C(CC1(O)C2CCC1CC(S(=O)(=O)c1cc(C(=O)Nc3cc(F)c(F)c(F)c3)ccc1Cl)C2)NC1COC1. The van der Waals surface area contributed by atoms with E-state index in [4.69, 9.17) is 16.3 Å². The van der Waals surface area contributed by atoms with E-state index in [0.717, 1.165) is 6.07 Å². The number of halogens is 4. The Labute approximate surface area is 227 Å². The number of benzene rings is 2. The van der Waals surface area contributed by atoms with Crippen LogP contribution in [-0.4, -0.2) is 55.4 Å². The van der Waals surface area contributed by atoms with Gasteiger partial charge in [-0.3, -0.25) is 9.59 Å². The molecule has 2 saturated carbocycles. The van der Waals surface area contributed by atoms with Gasteiger partial charge < -0.3 is 20.5 Å². The molecule has 1 saturated heterocycles. The highest BCUT2D eigenvalue weighted by Gasteiger charge is 2.56. The highest BCUT2D eigenvalue weighted by Crippen LogP contribution is 2.53. The standard InChI is InChI=1S/C26H26ClF3N2O6S/c27-19-4-1-13(25(34)32-16-8-20(28)24(30)21(29)9-16)5-22(19)39(36,37)18-6-14-2-3-15(7-18)26(14,35)10-23(33)31-17-11-38-12-17/h1,4-5,8-9,14-15,17-18,35H,2-3,6-7,10-12H2,(H,31,33)(H,32,34). The second-order valence-corrected chi connectivity index (χ2v) is 13.0. The van der Waals surface area contributed by atoms with Gasteiger partial charge in [0.1, 0.15) is 0 Å². The van der Waals surface area contributed by atoms with Crippen molar-refractivity contribution in [2.24, 2.45) is 11.8 Å². The van der Waals surface area contributed by atoms with Gasteiger partial charge in [-0.05, 0) is 55.7 Å². The summed E-state index contributed by atoms with van der Waals surface area (Å²) in [6.07, 6.45) is 1.28. The maximum atomic E-state index is 13.7. The first-order chi connectivity index (χ1) is 18.4. The van der Waals surface area contributed by atoms with Gasteiger partial charge in [0, 0.05) is 23.4 Å². The second-order valence-electron chi connectivity index (χ2n) is 10.4. The van der Waals surface area contributed by atoms with Gasteiger partial charge in [-0.15, -0.1) is 0 Å². The number of rotatable bonds is 7. The Hall–Kier alpha value is -2.67. The van der Waals surface area contributed by atoms with Crippen LogP contribution in [0, 0.1) is 29.3 Å². The van der Waals surface area contributed by atoms with Crippen LogP contribution in [0.15, 0.2) is 35.2 Å². The van der Waals surface area contributed by atoms with E-state index in [0.29, 0.717) is 38.2 Å². The number of nitrogens with one attached hydrogen (secondary N) is 2. The third kappa shape index (κ3) is 5.27. The minimum absolute atomic E-state index is 0.0804. The molecule has 3 aliphatic rings. The summed E-state index contributed by atoms with van der Waals surface area (Å²) in [7, 11) is -4.07. The Morgan fingerprint density at radius 1 is 1.05 bits per heavy atom. The number of fused-ring (bicyclic) bond motifs is 2. The number of carbonyl (C=O) groups excluding carboxylic acids is 2. The van der Waals surface area contributed by atoms with Gasteiger partial charge in [-0.2, -0.15) is 0 Å². The van der Waals surface area contributed by atoms with Crippen molar-refractivity contribution in [2.75, 3.05) is 18.5 Å². The average molecular weight is 587 g/mol. The maximum absolute atomic E-state index is 13.7. The largest absolute Gasteiger partial charge is 0.389 e. The summed E-state index contributed by atoms with van der Waals surface area (Å²) in [4.78, 5) is 24.9. The van der Waals surface area contributed by atoms with E-state index >= 15 is 0 Å². The molecule has 13 heteroatoms. The van der Waals surface area contributed by atoms with Crippen molar-refractivity contribution >= 4 is 38.9 Å². The van der Waals surface area contributed by atoms with Crippen LogP contribution >= 0.6 is 11.6 Å². The quantitative estimate of drug-likeness (QED) is 0.426. The van der Waals surface area contributed by atoms with Gasteiger partial charge in [0.15, 0.2) is 27.3 Å². The first-order valence-electron chi connectivity index (χ1n) is 12.5. The Kier molecular flexibility index (Phi) is 7.42. The van der Waals surface area contributed by atoms with Gasteiger partial charge in [-0.1, -0.05) is 11.6 Å². The van der Waals surface area contributed by atoms with Crippen LogP contribution in [0.5, 0.6) is 0 Å². The number of anilines is 1. The van der Waals surface area contributed by atoms with E-state index in [9.17, 15) is 36.3 Å². The van der Waals surface area contributed by atoms with Crippen LogP contribution in [0.25, 0.3) is 0 Å². The van der Waals surface area contributed by atoms with Crippen LogP contribution < -0.4 is 10.6 Å². The molecule has 2 aromatic rings. The maximum Gasteiger partial charge on any atom is 0.255 e. The topological polar surface area (TPSA) is 122 Å². The van der Waals surface area contributed by atoms with E-state index in [1.807, 2.05) is 0 Å². The molecule has 2 bridgehead atoms. The molecule has 2 aromatic carbocycles. The summed E-state index contributed by atoms with van der Waals surface area (Å²) in [5.74, 6) is -6.67. The number of hydrogen-bond acceptors (Lipinski definition) is 6. The summed E-state index contributed by atoms with van der Waals surface area (Å²) < 4.78 is 72.7. The first-order valence-corrected chi connectivity index (χ1v) is 14.4. The smallest absolute Gasteiger partial charge is 0.255 e. The lowest BCUT2D eigenvalue weighted by atomic mass is 9.72. The first kappa shape index (κ1) is 27.9. The molecule has 2 aliphatic carbocycles. The predicted octanol–water partition coefficient (Wildman–Crippen LogP) is 3.61. The van der Waals surface area contributed by atoms with Crippen molar-refractivity contribution in [3.63, 3.8) is 0 Å². The fourth-order valence-corrected chi connectivity index (χ4v) is 8.28. The number of aliphatic hydroxyl groups is 1. The second kappa shape index (κ2) is 10.4. The number of hydrogen-bond donors (Lipinski definition) is 3. The molecule has 0 spiro atoms. The van der Waals surface area contributed by atoms with Crippen molar-refractivity contribution in [1.29, 1.82) is 0 Å². The molecule has 5 rings (SSSR count). The molecule has 1 heterocycles. The number of amides is 2. The van der Waals surface area contributed by atoms with Gasteiger partial charge in [0.05, 0.1) is 46.4 Å². The number of ether oxygens (including phenoxy) is 1. The molecular weight excluding hydrogens is 561 g/mol. The van der Waals surface area contributed by atoms with Gasteiger partial charge in [-0.25, -0.2) is 21.6 Å². The Morgan fingerprint density at radius 2 is 1.67 bits per heavy atom. The lowest BCUT2D eigenvalue weighted by Gasteiger charge is -2.42. The van der Waals surface area contributed by atoms with Crippen LogP contribution in [0.4, 0.5) is 18.9 Å². The summed E-state index contributed by atoms with van der Waals surface area (Å²) in [5, 5.41) is 15.5. The fraction of sp³-hybridized carbons (Fsp3) is 0.462. The van der Waals surface area contributed by atoms with Crippen molar-refractivity contribution in [1.82, 2.24) is 5.32 Å². The summed E-state index contributed by atoms with van der Waals surface area (Å²) in [6, 6.07) is 4.69. The van der Waals surface area contributed by atoms with Crippen LogP contribution in [0.1, 0.15) is 42.5 Å². The van der Waals surface area contributed by atoms with Gasteiger partial charge in [0.25, 0.3) is 5.91 Å². The van der Waals surface area contributed by atoms with Crippen LogP contribution in [0.3, 0.4) is 0 Å². The molecule has 2 unspecified atom stereocenters. The van der Waals surface area contributed by atoms with Crippen molar-refractivity contribution in [3.05, 3.63) is 58.4 Å². The monoisotopic (exact) mass is 586 g/mol. The zero-order valence-electron chi connectivity index (χ0n) is 20.6. The summed E-state index contributed by atoms with van der Waals surface area (Å²) in [6.45, 7) is 0.847. The van der Waals surface area contributed by atoms with Gasteiger partial charge in [0.2, 0.25) is 5.91 Å². The number of carbonyl (C=O) groups is 2. The number of sulfone groups is 1. The Bertz CT molecular complexity index is 1400. The molecule has 2 amide bonds. The normalized spacial score (nSPS) is 26.6. The van der Waals surface area contributed by atoms with E-state index in [1.54, 1.807) is 0 Å². The molecule has 0 radical (unpaired) electrons. The molecule has 39 heavy (non-hydrogen) atoms. The molecule has 0 aromatic heterocycles. The van der Waals surface area contributed by atoms with Crippen molar-refractivity contribution in [3.8, 4) is 0 Å². The minimum Gasteiger partial charge on any atom is -0.389 e. The highest BCUT2D eigenvalue weighted by molar-refractivity contribution is 7.92. The third-order valence-corrected chi connectivity index (χ3v) is 10.7. The zero-order chi connectivity index (χ0) is 28.1. The Balaban J connectivity index is 1.33. The van der Waals surface area contributed by atoms with Crippen molar-refractivity contribution < 1.29 is 41.0 Å². The third-order valence-electron chi connectivity index (χ3n) is 8.00. The zero-order valence-corrected chi connectivity index (χ0v) is 22.1. The van der Waals surface area contributed by atoms with E-state index < -0.39 is 55.9 Å². The van der Waals surface area contributed by atoms with Crippen molar-refractivity contribution in [2.45, 2.75) is 53.9 Å². The van der Waals surface area contributed by atoms with E-state index in [2.05, 4.69) is 10.6 Å². The average Bonchev–Trinajstić information content (AvgIpc) is 3.00.